The number of nitrogens with zero attached hydrogens (tertiary/aromatic N) is 2. The van der Waals surface area contributed by atoms with Crippen LogP contribution in [0, 0.1) is 22.7 Å². The SMILES string of the molecule is CC(C)CN(C(=O)C1(C#N)CC1)C1CCCC1. The summed E-state index contributed by atoms with van der Waals surface area (Å²) in [6, 6.07) is 2.64. The Balaban J connectivity index is 2.09. The highest BCUT2D eigenvalue weighted by Crippen LogP contribution is 2.47. The van der Waals surface area contributed by atoms with Crippen molar-refractivity contribution in [2.45, 2.75) is 58.4 Å². The predicted molar refractivity (Wildman–Crippen MR) is 66.1 cm³/mol. The van der Waals surface area contributed by atoms with Gasteiger partial charge in [0.15, 0.2) is 0 Å². The standard InChI is InChI=1S/C14H22N2O/c1-11(2)9-16(12-5-3-4-6-12)13(17)14(10-15)7-8-14/h11-12H,3-9H2,1-2H3. The molecule has 0 aromatic heterocycles. The third kappa shape index (κ3) is 2.46. The number of nitriles is 1. The zero-order valence-corrected chi connectivity index (χ0v) is 10.9. The summed E-state index contributed by atoms with van der Waals surface area (Å²) in [5, 5.41) is 9.16. The highest BCUT2D eigenvalue weighted by Gasteiger charge is 2.53. The lowest BCUT2D eigenvalue weighted by molar-refractivity contribution is -0.137. The molecule has 17 heavy (non-hydrogen) atoms. The number of carbonyl (C=O) groups is 1. The van der Waals surface area contributed by atoms with E-state index in [4.69, 9.17) is 5.26 Å². The van der Waals surface area contributed by atoms with Crippen molar-refractivity contribution in [1.29, 1.82) is 5.26 Å². The van der Waals surface area contributed by atoms with E-state index in [1.54, 1.807) is 0 Å². The van der Waals surface area contributed by atoms with Crippen LogP contribution < -0.4 is 0 Å². The number of amides is 1. The van der Waals surface area contributed by atoms with Gasteiger partial charge in [0.2, 0.25) is 5.91 Å². The number of rotatable bonds is 4. The quantitative estimate of drug-likeness (QED) is 0.750. The smallest absolute Gasteiger partial charge is 0.243 e. The lowest BCUT2D eigenvalue weighted by atomic mass is 10.0. The Bertz CT molecular complexity index is 333. The molecule has 3 heteroatoms. The van der Waals surface area contributed by atoms with Gasteiger partial charge in [-0.15, -0.1) is 0 Å². The summed E-state index contributed by atoms with van der Waals surface area (Å²) in [5.74, 6) is 0.592. The molecule has 3 nitrogen and oxygen atoms in total. The maximum absolute atomic E-state index is 12.5. The lowest BCUT2D eigenvalue weighted by Crippen LogP contribution is -2.44. The van der Waals surface area contributed by atoms with Crippen molar-refractivity contribution in [2.24, 2.45) is 11.3 Å². The van der Waals surface area contributed by atoms with Crippen molar-refractivity contribution in [2.75, 3.05) is 6.54 Å². The fourth-order valence-corrected chi connectivity index (χ4v) is 2.78. The van der Waals surface area contributed by atoms with Crippen LogP contribution >= 0.6 is 0 Å². The molecule has 0 aromatic rings. The van der Waals surface area contributed by atoms with Crippen LogP contribution in [0.5, 0.6) is 0 Å². The first-order valence-corrected chi connectivity index (χ1v) is 6.81. The zero-order chi connectivity index (χ0) is 12.5. The van der Waals surface area contributed by atoms with Crippen LogP contribution in [0.2, 0.25) is 0 Å². The third-order valence-electron chi connectivity index (χ3n) is 3.96. The molecule has 2 aliphatic rings. The van der Waals surface area contributed by atoms with E-state index in [0.717, 1.165) is 32.2 Å². The minimum absolute atomic E-state index is 0.112. The van der Waals surface area contributed by atoms with Crippen LogP contribution in [0.15, 0.2) is 0 Å². The molecule has 0 radical (unpaired) electrons. The average Bonchev–Trinajstić information content (AvgIpc) is 2.92. The van der Waals surface area contributed by atoms with E-state index in [2.05, 4.69) is 19.9 Å². The van der Waals surface area contributed by atoms with E-state index < -0.39 is 5.41 Å². The first-order valence-electron chi connectivity index (χ1n) is 6.81. The molecule has 2 aliphatic carbocycles. The number of hydrogen-bond acceptors (Lipinski definition) is 2. The van der Waals surface area contributed by atoms with E-state index >= 15 is 0 Å². The molecule has 2 rings (SSSR count). The molecule has 0 aromatic carbocycles. The fourth-order valence-electron chi connectivity index (χ4n) is 2.78. The van der Waals surface area contributed by atoms with Crippen molar-refractivity contribution in [3.8, 4) is 6.07 Å². The predicted octanol–water partition coefficient (Wildman–Crippen LogP) is 2.72. The summed E-state index contributed by atoms with van der Waals surface area (Å²) in [7, 11) is 0. The maximum atomic E-state index is 12.5. The van der Waals surface area contributed by atoms with Gasteiger partial charge in [-0.05, 0) is 31.6 Å². The fraction of sp³-hybridized carbons (Fsp3) is 0.857. The molecule has 0 heterocycles. The molecule has 0 aliphatic heterocycles. The van der Waals surface area contributed by atoms with Gasteiger partial charge in [0.1, 0.15) is 5.41 Å². The van der Waals surface area contributed by atoms with Crippen molar-refractivity contribution in [3.05, 3.63) is 0 Å². The molecule has 0 spiro atoms. The van der Waals surface area contributed by atoms with Gasteiger partial charge in [0.25, 0.3) is 0 Å². The highest BCUT2D eigenvalue weighted by atomic mass is 16.2. The minimum atomic E-state index is -0.641. The van der Waals surface area contributed by atoms with Gasteiger partial charge in [-0.1, -0.05) is 26.7 Å². The molecule has 0 N–H and O–H groups in total. The lowest BCUT2D eigenvalue weighted by Gasteiger charge is -2.32. The highest BCUT2D eigenvalue weighted by molar-refractivity contribution is 5.88. The summed E-state index contributed by atoms with van der Waals surface area (Å²) in [4.78, 5) is 14.5. The van der Waals surface area contributed by atoms with Crippen molar-refractivity contribution < 1.29 is 4.79 Å². The maximum Gasteiger partial charge on any atom is 0.243 e. The largest absolute Gasteiger partial charge is 0.338 e. The molecular weight excluding hydrogens is 212 g/mol. The Morgan fingerprint density at radius 2 is 2.00 bits per heavy atom. The van der Waals surface area contributed by atoms with Gasteiger partial charge < -0.3 is 4.90 Å². The molecule has 94 valence electrons. The van der Waals surface area contributed by atoms with E-state index in [9.17, 15) is 4.79 Å². The average molecular weight is 234 g/mol. The molecule has 0 bridgehead atoms. The third-order valence-corrected chi connectivity index (χ3v) is 3.96. The van der Waals surface area contributed by atoms with Gasteiger partial charge in [-0.2, -0.15) is 5.26 Å². The molecule has 2 saturated carbocycles. The minimum Gasteiger partial charge on any atom is -0.338 e. The monoisotopic (exact) mass is 234 g/mol. The molecule has 0 atom stereocenters. The molecular formula is C14H22N2O. The second-order valence-electron chi connectivity index (χ2n) is 5.98. The van der Waals surface area contributed by atoms with Crippen LogP contribution in [-0.2, 0) is 4.79 Å². The Kier molecular flexibility index (Phi) is 3.42. The Morgan fingerprint density at radius 3 is 2.41 bits per heavy atom. The summed E-state index contributed by atoms with van der Waals surface area (Å²) in [5.41, 5.74) is -0.641. The Labute approximate surface area is 104 Å². The van der Waals surface area contributed by atoms with Crippen molar-refractivity contribution in [1.82, 2.24) is 4.90 Å². The number of carbonyl (C=O) groups excluding carboxylic acids is 1. The summed E-state index contributed by atoms with van der Waals surface area (Å²) in [6.45, 7) is 5.09. The second-order valence-corrected chi connectivity index (χ2v) is 5.98. The van der Waals surface area contributed by atoms with Crippen LogP contribution in [0.25, 0.3) is 0 Å². The van der Waals surface area contributed by atoms with E-state index in [1.165, 1.54) is 12.8 Å². The van der Waals surface area contributed by atoms with E-state index in [1.807, 2.05) is 4.90 Å². The van der Waals surface area contributed by atoms with Crippen molar-refractivity contribution in [3.63, 3.8) is 0 Å². The zero-order valence-electron chi connectivity index (χ0n) is 10.9. The van der Waals surface area contributed by atoms with E-state index in [0.29, 0.717) is 12.0 Å². The van der Waals surface area contributed by atoms with Crippen molar-refractivity contribution >= 4 is 5.91 Å². The van der Waals surface area contributed by atoms with Gasteiger partial charge in [0, 0.05) is 12.6 Å². The van der Waals surface area contributed by atoms with Gasteiger partial charge in [-0.25, -0.2) is 0 Å². The van der Waals surface area contributed by atoms with Crippen LogP contribution in [0.3, 0.4) is 0 Å². The molecule has 0 unspecified atom stereocenters. The van der Waals surface area contributed by atoms with Crippen LogP contribution in [-0.4, -0.2) is 23.4 Å². The molecule has 1 amide bonds. The Hall–Kier alpha value is -1.04. The molecule has 0 saturated heterocycles. The van der Waals surface area contributed by atoms with Gasteiger partial charge >= 0.3 is 0 Å². The summed E-state index contributed by atoms with van der Waals surface area (Å²) in [6.07, 6.45) is 6.24. The van der Waals surface area contributed by atoms with Gasteiger partial charge in [-0.3, -0.25) is 4.79 Å². The van der Waals surface area contributed by atoms with Crippen LogP contribution in [0.4, 0.5) is 0 Å². The van der Waals surface area contributed by atoms with Gasteiger partial charge in [0.05, 0.1) is 6.07 Å². The topological polar surface area (TPSA) is 44.1 Å². The van der Waals surface area contributed by atoms with Crippen LogP contribution in [0.1, 0.15) is 52.4 Å². The normalized spacial score (nSPS) is 22.5. The summed E-state index contributed by atoms with van der Waals surface area (Å²) < 4.78 is 0. The first kappa shape index (κ1) is 12.4. The number of hydrogen-bond donors (Lipinski definition) is 0. The first-order chi connectivity index (χ1) is 8.09. The van der Waals surface area contributed by atoms with E-state index in [-0.39, 0.29) is 5.91 Å². The second kappa shape index (κ2) is 4.68. The molecule has 2 fully saturated rings. The summed E-state index contributed by atoms with van der Waals surface area (Å²) >= 11 is 0. The Morgan fingerprint density at radius 1 is 1.41 bits per heavy atom.